The van der Waals surface area contributed by atoms with Crippen molar-refractivity contribution in [1.82, 2.24) is 10.6 Å². The van der Waals surface area contributed by atoms with E-state index in [0.717, 1.165) is 42.5 Å². The molecule has 0 unspecified atom stereocenters. The normalized spacial score (nSPS) is 11.2. The van der Waals surface area contributed by atoms with Crippen LogP contribution in [0.3, 0.4) is 0 Å². The largest absolute Gasteiger partial charge is 0.493 e. The summed E-state index contributed by atoms with van der Waals surface area (Å²) in [7, 11) is 3.28. The molecule has 2 aromatic carbocycles. The number of hydrogen-bond donors (Lipinski definition) is 2. The molecule has 0 aliphatic heterocycles. The van der Waals surface area contributed by atoms with Crippen LogP contribution in [0, 0.1) is 0 Å². The maximum atomic E-state index is 5.36. The first-order valence-corrected chi connectivity index (χ1v) is 9.01. The third-order valence-corrected chi connectivity index (χ3v) is 4.16. The molecule has 0 aromatic heterocycles. The second kappa shape index (κ2) is 10.3. The van der Waals surface area contributed by atoms with E-state index in [0.29, 0.717) is 6.54 Å². The quantitative estimate of drug-likeness (QED) is 0.562. The van der Waals surface area contributed by atoms with Gasteiger partial charge in [-0.25, -0.2) is 4.99 Å². The number of nitrogens with zero attached hydrogens (tertiary/aromatic N) is 1. The minimum atomic E-state index is 0.561. The Morgan fingerprint density at radius 2 is 1.65 bits per heavy atom. The van der Waals surface area contributed by atoms with Crippen LogP contribution in [0.4, 0.5) is 0 Å². The molecule has 0 saturated heterocycles. The Hall–Kier alpha value is -2.69. The number of hydrogen-bond acceptors (Lipinski definition) is 3. The predicted octanol–water partition coefficient (Wildman–Crippen LogP) is 3.52. The highest BCUT2D eigenvalue weighted by Gasteiger charge is 2.05. The number of benzene rings is 2. The zero-order valence-electron chi connectivity index (χ0n) is 16.1. The van der Waals surface area contributed by atoms with Crippen molar-refractivity contribution < 1.29 is 9.47 Å². The van der Waals surface area contributed by atoms with Gasteiger partial charge in [0.1, 0.15) is 0 Å². The van der Waals surface area contributed by atoms with Gasteiger partial charge in [0.25, 0.3) is 0 Å². The summed E-state index contributed by atoms with van der Waals surface area (Å²) >= 11 is 0. The van der Waals surface area contributed by atoms with Crippen LogP contribution < -0.4 is 20.1 Å². The van der Waals surface area contributed by atoms with E-state index in [1.54, 1.807) is 14.2 Å². The van der Waals surface area contributed by atoms with Crippen molar-refractivity contribution in [1.29, 1.82) is 0 Å². The maximum Gasteiger partial charge on any atom is 0.191 e. The van der Waals surface area contributed by atoms with Gasteiger partial charge in [-0.05, 0) is 42.2 Å². The lowest BCUT2D eigenvalue weighted by Crippen LogP contribution is -2.37. The summed E-state index contributed by atoms with van der Waals surface area (Å²) in [6.07, 6.45) is 1.02. The fourth-order valence-corrected chi connectivity index (χ4v) is 2.74. The van der Waals surface area contributed by atoms with E-state index in [9.17, 15) is 0 Å². The minimum absolute atomic E-state index is 0.561. The van der Waals surface area contributed by atoms with Crippen LogP contribution in [0.2, 0.25) is 0 Å². The van der Waals surface area contributed by atoms with E-state index in [2.05, 4.69) is 53.7 Å². The second-order valence-corrected chi connectivity index (χ2v) is 5.86. The van der Waals surface area contributed by atoms with E-state index in [1.165, 1.54) is 11.1 Å². The molecule has 0 bridgehead atoms. The van der Waals surface area contributed by atoms with Gasteiger partial charge in [-0.3, -0.25) is 0 Å². The summed E-state index contributed by atoms with van der Waals surface area (Å²) in [6.45, 7) is 6.36. The topological polar surface area (TPSA) is 54.9 Å². The number of ether oxygens (including phenoxy) is 2. The molecular formula is C21H29N3O2. The van der Waals surface area contributed by atoms with Crippen molar-refractivity contribution >= 4 is 5.96 Å². The highest BCUT2D eigenvalue weighted by atomic mass is 16.5. The Labute approximate surface area is 156 Å². The standard InChI is InChI=1S/C21H29N3O2/c1-5-17-9-7-8-10-18(17)15-24-21(22-6-2)23-14-16-11-12-19(25-3)20(13-16)26-4/h7-13H,5-6,14-15H2,1-4H3,(H2,22,23,24). The lowest BCUT2D eigenvalue weighted by Gasteiger charge is -2.14. The number of methoxy groups -OCH3 is 2. The molecule has 0 amide bonds. The van der Waals surface area contributed by atoms with Crippen LogP contribution >= 0.6 is 0 Å². The number of aryl methyl sites for hydroxylation is 1. The van der Waals surface area contributed by atoms with Crippen LogP contribution in [0.5, 0.6) is 11.5 Å². The molecule has 0 atom stereocenters. The predicted molar refractivity (Wildman–Crippen MR) is 107 cm³/mol. The molecule has 5 nitrogen and oxygen atoms in total. The molecule has 0 aliphatic carbocycles. The van der Waals surface area contributed by atoms with Crippen molar-refractivity contribution in [3.05, 3.63) is 59.2 Å². The molecule has 0 spiro atoms. The Morgan fingerprint density at radius 3 is 2.31 bits per heavy atom. The molecule has 2 aromatic rings. The fraction of sp³-hybridized carbons (Fsp3) is 0.381. The van der Waals surface area contributed by atoms with Gasteiger partial charge in [-0.1, -0.05) is 37.3 Å². The molecule has 0 fully saturated rings. The van der Waals surface area contributed by atoms with Gasteiger partial charge in [-0.15, -0.1) is 0 Å². The van der Waals surface area contributed by atoms with Crippen LogP contribution in [-0.2, 0) is 19.5 Å². The molecule has 26 heavy (non-hydrogen) atoms. The van der Waals surface area contributed by atoms with Gasteiger partial charge in [0.05, 0.1) is 20.8 Å². The number of aliphatic imine (C=N–C) groups is 1. The highest BCUT2D eigenvalue weighted by molar-refractivity contribution is 5.79. The smallest absolute Gasteiger partial charge is 0.191 e. The van der Waals surface area contributed by atoms with E-state index in [1.807, 2.05) is 18.2 Å². The molecule has 140 valence electrons. The van der Waals surface area contributed by atoms with E-state index in [-0.39, 0.29) is 0 Å². The third kappa shape index (κ3) is 5.41. The third-order valence-electron chi connectivity index (χ3n) is 4.16. The average molecular weight is 355 g/mol. The Morgan fingerprint density at radius 1 is 0.923 bits per heavy atom. The summed E-state index contributed by atoms with van der Waals surface area (Å²) in [4.78, 5) is 4.68. The first kappa shape index (κ1) is 19.6. The van der Waals surface area contributed by atoms with Crippen LogP contribution in [0.25, 0.3) is 0 Å². The molecule has 0 heterocycles. The SMILES string of the molecule is CCNC(=NCc1ccc(OC)c(OC)c1)NCc1ccccc1CC. The van der Waals surface area contributed by atoms with E-state index >= 15 is 0 Å². The lowest BCUT2D eigenvalue weighted by molar-refractivity contribution is 0.354. The number of nitrogens with one attached hydrogen (secondary N) is 2. The molecule has 0 radical (unpaired) electrons. The van der Waals surface area contributed by atoms with Crippen molar-refractivity contribution in [2.45, 2.75) is 33.4 Å². The van der Waals surface area contributed by atoms with Gasteiger partial charge in [0.15, 0.2) is 17.5 Å². The van der Waals surface area contributed by atoms with Crippen LogP contribution in [-0.4, -0.2) is 26.7 Å². The van der Waals surface area contributed by atoms with Gasteiger partial charge in [0, 0.05) is 13.1 Å². The Kier molecular flexibility index (Phi) is 7.80. The van der Waals surface area contributed by atoms with Crippen LogP contribution in [0.15, 0.2) is 47.5 Å². The minimum Gasteiger partial charge on any atom is -0.493 e. The lowest BCUT2D eigenvalue weighted by atomic mass is 10.1. The first-order chi connectivity index (χ1) is 12.7. The summed E-state index contributed by atoms with van der Waals surface area (Å²) in [6, 6.07) is 14.3. The average Bonchev–Trinajstić information content (AvgIpc) is 2.69. The molecule has 0 aliphatic rings. The Balaban J connectivity index is 2.06. The first-order valence-electron chi connectivity index (χ1n) is 9.01. The van der Waals surface area contributed by atoms with Gasteiger partial charge < -0.3 is 20.1 Å². The number of rotatable bonds is 8. The molecular weight excluding hydrogens is 326 g/mol. The maximum absolute atomic E-state index is 5.36. The van der Waals surface area contributed by atoms with Gasteiger partial charge in [-0.2, -0.15) is 0 Å². The van der Waals surface area contributed by atoms with Crippen molar-refractivity contribution in [2.75, 3.05) is 20.8 Å². The summed E-state index contributed by atoms with van der Waals surface area (Å²) in [5.74, 6) is 2.24. The molecule has 0 saturated carbocycles. The van der Waals surface area contributed by atoms with Crippen LogP contribution in [0.1, 0.15) is 30.5 Å². The zero-order valence-corrected chi connectivity index (χ0v) is 16.1. The number of guanidine groups is 1. The summed E-state index contributed by atoms with van der Waals surface area (Å²) in [5.41, 5.74) is 3.72. The second-order valence-electron chi connectivity index (χ2n) is 5.86. The molecule has 5 heteroatoms. The van der Waals surface area contributed by atoms with Gasteiger partial charge >= 0.3 is 0 Å². The Bertz CT molecular complexity index is 729. The zero-order chi connectivity index (χ0) is 18.8. The summed E-state index contributed by atoms with van der Waals surface area (Å²) in [5, 5.41) is 6.71. The molecule has 2 N–H and O–H groups in total. The van der Waals surface area contributed by atoms with E-state index in [4.69, 9.17) is 9.47 Å². The fourth-order valence-electron chi connectivity index (χ4n) is 2.74. The van der Waals surface area contributed by atoms with Gasteiger partial charge in [0.2, 0.25) is 0 Å². The van der Waals surface area contributed by atoms with Crippen molar-refractivity contribution in [2.24, 2.45) is 4.99 Å². The highest BCUT2D eigenvalue weighted by Crippen LogP contribution is 2.27. The van der Waals surface area contributed by atoms with Crippen molar-refractivity contribution in [3.63, 3.8) is 0 Å². The van der Waals surface area contributed by atoms with E-state index < -0.39 is 0 Å². The summed E-state index contributed by atoms with van der Waals surface area (Å²) < 4.78 is 10.6. The monoisotopic (exact) mass is 355 g/mol. The molecule has 2 rings (SSSR count). The van der Waals surface area contributed by atoms with Crippen molar-refractivity contribution in [3.8, 4) is 11.5 Å².